The molecule has 0 fully saturated rings. The van der Waals surface area contributed by atoms with Crippen LogP contribution in [0.4, 0.5) is 23.4 Å². The molecule has 0 amide bonds. The maximum atomic E-state index is 13.3. The summed E-state index contributed by atoms with van der Waals surface area (Å²) < 4.78 is 79.5. The molecular formula is C21H15ClF4N2O2S. The lowest BCUT2D eigenvalue weighted by Crippen LogP contribution is -2.14. The number of sulfonamides is 1. The minimum Gasteiger partial charge on any atom is -0.263 e. The molecule has 10 heteroatoms. The highest BCUT2D eigenvalue weighted by atomic mass is 35.5. The van der Waals surface area contributed by atoms with E-state index in [1.54, 1.807) is 6.07 Å². The number of aromatic nitrogens is 1. The van der Waals surface area contributed by atoms with Crippen LogP contribution < -0.4 is 4.72 Å². The third-order valence-electron chi connectivity index (χ3n) is 5.17. The summed E-state index contributed by atoms with van der Waals surface area (Å²) in [4.78, 5) is 3.77. The van der Waals surface area contributed by atoms with Gasteiger partial charge in [0.2, 0.25) is 0 Å². The lowest BCUT2D eigenvalue weighted by Gasteiger charge is -2.16. The fraction of sp³-hybridized carbons (Fsp3) is 0.190. The highest BCUT2D eigenvalue weighted by Gasteiger charge is 2.33. The number of hydrogen-bond donors (Lipinski definition) is 1. The maximum absolute atomic E-state index is 13.3. The number of fused-ring (bicyclic) bond motifs is 1. The normalized spacial score (nSPS) is 16.2. The lowest BCUT2D eigenvalue weighted by molar-refractivity contribution is -0.137. The van der Waals surface area contributed by atoms with Crippen molar-refractivity contribution < 1.29 is 26.0 Å². The van der Waals surface area contributed by atoms with E-state index in [2.05, 4.69) is 9.71 Å². The number of nitrogens with zero attached hydrogens (tertiary/aromatic N) is 1. The van der Waals surface area contributed by atoms with Crippen molar-refractivity contribution in [3.05, 3.63) is 87.8 Å². The van der Waals surface area contributed by atoms with Crippen molar-refractivity contribution in [1.82, 2.24) is 4.98 Å². The Labute approximate surface area is 180 Å². The molecule has 1 N–H and O–H groups in total. The van der Waals surface area contributed by atoms with E-state index < -0.39 is 27.6 Å². The zero-order valence-electron chi connectivity index (χ0n) is 15.7. The van der Waals surface area contributed by atoms with Gasteiger partial charge in [-0.05, 0) is 59.9 Å². The number of halogens is 5. The standard InChI is InChI=1S/C21H15ClF4N2O2S/c22-19-10-13(21(24,25)26)2-5-18(19)17-4-1-12-9-15(3-6-16(12)17)31(29,30)28-20-11-14(23)7-8-27-20/h2-3,5-11,17H,1,4H2,(H,27,28)/t17-/m0/s1. The zero-order chi connectivity index (χ0) is 22.4. The van der Waals surface area contributed by atoms with Gasteiger partial charge in [0.05, 0.1) is 10.5 Å². The number of alkyl halides is 3. The SMILES string of the molecule is O=S(=O)(Nc1cc(F)ccn1)c1ccc2c(c1)CC[C@@H]2c1ccc(C(F)(F)F)cc1Cl. The third kappa shape index (κ3) is 4.38. The van der Waals surface area contributed by atoms with Crippen LogP contribution in [0.3, 0.4) is 0 Å². The van der Waals surface area contributed by atoms with Gasteiger partial charge >= 0.3 is 6.18 Å². The van der Waals surface area contributed by atoms with Crippen LogP contribution in [0.2, 0.25) is 5.02 Å². The Morgan fingerprint density at radius 2 is 1.77 bits per heavy atom. The average molecular weight is 471 g/mol. The van der Waals surface area contributed by atoms with Crippen molar-refractivity contribution in [2.45, 2.75) is 29.8 Å². The van der Waals surface area contributed by atoms with Crippen LogP contribution in [0.25, 0.3) is 0 Å². The highest BCUT2D eigenvalue weighted by molar-refractivity contribution is 7.92. The largest absolute Gasteiger partial charge is 0.416 e. The van der Waals surface area contributed by atoms with Crippen LogP contribution in [0.5, 0.6) is 0 Å². The Morgan fingerprint density at radius 1 is 1.03 bits per heavy atom. The van der Waals surface area contributed by atoms with Crippen molar-refractivity contribution in [1.29, 1.82) is 0 Å². The molecule has 1 atom stereocenters. The topological polar surface area (TPSA) is 59.1 Å². The molecule has 31 heavy (non-hydrogen) atoms. The second kappa shape index (κ2) is 7.80. The van der Waals surface area contributed by atoms with E-state index in [1.807, 2.05) is 0 Å². The van der Waals surface area contributed by atoms with Crippen molar-refractivity contribution in [2.24, 2.45) is 0 Å². The lowest BCUT2D eigenvalue weighted by atomic mass is 9.92. The second-order valence-corrected chi connectivity index (χ2v) is 9.24. The third-order valence-corrected chi connectivity index (χ3v) is 6.85. The summed E-state index contributed by atoms with van der Waals surface area (Å²) in [6.45, 7) is 0. The van der Waals surface area contributed by atoms with Crippen LogP contribution in [-0.4, -0.2) is 13.4 Å². The molecule has 0 radical (unpaired) electrons. The van der Waals surface area contributed by atoms with E-state index in [4.69, 9.17) is 11.6 Å². The van der Waals surface area contributed by atoms with Gasteiger partial charge in [0.15, 0.2) is 0 Å². The zero-order valence-corrected chi connectivity index (χ0v) is 17.3. The van der Waals surface area contributed by atoms with Gasteiger partial charge in [0, 0.05) is 23.2 Å². The predicted molar refractivity (Wildman–Crippen MR) is 108 cm³/mol. The molecule has 3 aromatic rings. The Kier molecular flexibility index (Phi) is 5.43. The molecule has 0 saturated carbocycles. The summed E-state index contributed by atoms with van der Waals surface area (Å²) in [6.07, 6.45) is -2.21. The number of aryl methyl sites for hydroxylation is 1. The van der Waals surface area contributed by atoms with Crippen molar-refractivity contribution >= 4 is 27.4 Å². The predicted octanol–water partition coefficient (Wildman–Crippen LogP) is 5.77. The Morgan fingerprint density at radius 3 is 2.45 bits per heavy atom. The minimum absolute atomic E-state index is 0.0169. The maximum Gasteiger partial charge on any atom is 0.416 e. The van der Waals surface area contributed by atoms with E-state index in [0.717, 1.165) is 41.6 Å². The monoisotopic (exact) mass is 470 g/mol. The molecule has 0 saturated heterocycles. The fourth-order valence-electron chi connectivity index (χ4n) is 3.73. The van der Waals surface area contributed by atoms with E-state index in [-0.39, 0.29) is 21.7 Å². The number of benzene rings is 2. The van der Waals surface area contributed by atoms with Gasteiger partial charge in [0.1, 0.15) is 11.6 Å². The molecule has 1 aliphatic rings. The molecule has 0 spiro atoms. The first kappa shape index (κ1) is 21.6. The van der Waals surface area contributed by atoms with Gasteiger partial charge in [-0.2, -0.15) is 13.2 Å². The van der Waals surface area contributed by atoms with Crippen molar-refractivity contribution in [3.8, 4) is 0 Å². The van der Waals surface area contributed by atoms with Gasteiger partial charge in [-0.25, -0.2) is 17.8 Å². The first-order valence-corrected chi connectivity index (χ1v) is 11.0. The summed E-state index contributed by atoms with van der Waals surface area (Å²) in [7, 11) is -3.99. The Hall–Kier alpha value is -2.65. The van der Waals surface area contributed by atoms with E-state index >= 15 is 0 Å². The quantitative estimate of drug-likeness (QED) is 0.492. The summed E-state index contributed by atoms with van der Waals surface area (Å²) in [6, 6.07) is 9.87. The van der Waals surface area contributed by atoms with Crippen molar-refractivity contribution in [2.75, 3.05) is 4.72 Å². The fourth-order valence-corrected chi connectivity index (χ4v) is 5.09. The average Bonchev–Trinajstić information content (AvgIpc) is 3.10. The molecule has 1 aromatic heterocycles. The molecule has 4 nitrogen and oxygen atoms in total. The molecule has 4 rings (SSSR count). The van der Waals surface area contributed by atoms with Gasteiger partial charge < -0.3 is 0 Å². The molecule has 1 aliphatic carbocycles. The molecule has 2 aromatic carbocycles. The first-order chi connectivity index (χ1) is 14.5. The smallest absolute Gasteiger partial charge is 0.263 e. The number of hydrogen-bond acceptors (Lipinski definition) is 3. The van der Waals surface area contributed by atoms with Crippen LogP contribution in [0.1, 0.15) is 34.6 Å². The number of nitrogens with one attached hydrogen (secondary N) is 1. The Balaban J connectivity index is 1.63. The number of anilines is 1. The summed E-state index contributed by atoms with van der Waals surface area (Å²) in [5.74, 6) is -1.01. The van der Waals surface area contributed by atoms with Crippen LogP contribution in [0.15, 0.2) is 59.6 Å². The molecule has 0 bridgehead atoms. The van der Waals surface area contributed by atoms with E-state index in [0.29, 0.717) is 18.4 Å². The highest BCUT2D eigenvalue weighted by Crippen LogP contribution is 2.43. The summed E-state index contributed by atoms with van der Waals surface area (Å²) in [5, 5.41) is 0.0169. The second-order valence-electron chi connectivity index (χ2n) is 7.15. The molecule has 0 unspecified atom stereocenters. The van der Waals surface area contributed by atoms with Gasteiger partial charge in [-0.3, -0.25) is 4.72 Å². The minimum atomic E-state index is -4.48. The summed E-state index contributed by atoms with van der Waals surface area (Å²) in [5.41, 5.74) is 1.31. The first-order valence-electron chi connectivity index (χ1n) is 9.18. The molecule has 0 aliphatic heterocycles. The molecular weight excluding hydrogens is 456 g/mol. The van der Waals surface area contributed by atoms with Crippen molar-refractivity contribution in [3.63, 3.8) is 0 Å². The number of pyridine rings is 1. The molecule has 1 heterocycles. The van der Waals surface area contributed by atoms with E-state index in [9.17, 15) is 26.0 Å². The molecule has 162 valence electrons. The van der Waals surface area contributed by atoms with Crippen LogP contribution >= 0.6 is 11.6 Å². The van der Waals surface area contributed by atoms with Gasteiger partial charge in [0.25, 0.3) is 10.0 Å². The van der Waals surface area contributed by atoms with Crippen LogP contribution in [-0.2, 0) is 22.6 Å². The van der Waals surface area contributed by atoms with Gasteiger partial charge in [-0.1, -0.05) is 23.7 Å². The van der Waals surface area contributed by atoms with Crippen LogP contribution in [0, 0.1) is 5.82 Å². The van der Waals surface area contributed by atoms with E-state index in [1.165, 1.54) is 18.2 Å². The summed E-state index contributed by atoms with van der Waals surface area (Å²) >= 11 is 6.15. The number of rotatable bonds is 4. The Bertz CT molecular complexity index is 1260. The van der Waals surface area contributed by atoms with Gasteiger partial charge in [-0.15, -0.1) is 0 Å².